The summed E-state index contributed by atoms with van der Waals surface area (Å²) in [4.78, 5) is 42.0. The number of hydrogen-bond donors (Lipinski definition) is 0. The summed E-state index contributed by atoms with van der Waals surface area (Å²) >= 11 is 1.42. The molecule has 2 aromatic carbocycles. The molecule has 2 atom stereocenters. The van der Waals surface area contributed by atoms with Gasteiger partial charge in [0.15, 0.2) is 17.3 Å². The molecular weight excluding hydrogens is 580 g/mol. The molecule has 0 bridgehead atoms. The third-order valence-electron chi connectivity index (χ3n) is 7.79. The number of morpholine rings is 1. The first kappa shape index (κ1) is 27.3. The van der Waals surface area contributed by atoms with Crippen LogP contribution < -0.4 is 15.2 Å². The number of carbonyl (C=O) groups excluding carboxylic acids is 2. The maximum Gasteiger partial charge on any atom is 0.514 e. The molecule has 0 N–H and O–H groups in total. The molecule has 1 saturated heterocycles. The molecule has 2 aliphatic heterocycles. The fourth-order valence-corrected chi connectivity index (χ4v) is 7.04. The minimum absolute atomic E-state index is 0.0996. The average molecular weight is 606 g/mol. The zero-order chi connectivity index (χ0) is 30.0. The van der Waals surface area contributed by atoms with Gasteiger partial charge in [-0.1, -0.05) is 30.3 Å². The van der Waals surface area contributed by atoms with Crippen molar-refractivity contribution in [2.45, 2.75) is 32.2 Å². The van der Waals surface area contributed by atoms with Gasteiger partial charge in [0.1, 0.15) is 6.17 Å². The van der Waals surface area contributed by atoms with E-state index in [1.54, 1.807) is 30.9 Å². The van der Waals surface area contributed by atoms with Gasteiger partial charge in [-0.15, -0.1) is 11.3 Å². The SMILES string of the molecule is CC(C)OC(=O)Oc1c2n(ccc1=O)N([C@@H]1c3ccccc3-c3sccc3-c3c1ccc(F)c3F)[C@@H]1COCCN1C2=O. The Labute approximate surface area is 248 Å². The number of nitrogens with zero attached hydrogens (tertiary/aromatic N) is 3. The van der Waals surface area contributed by atoms with Crippen molar-refractivity contribution in [3.05, 3.63) is 98.8 Å². The number of carbonyl (C=O) groups is 2. The number of thiophene rings is 1. The zero-order valence-corrected chi connectivity index (χ0v) is 23.9. The molecule has 4 aromatic rings. The summed E-state index contributed by atoms with van der Waals surface area (Å²) in [6.07, 6.45) is -0.940. The van der Waals surface area contributed by atoms with Gasteiger partial charge in [-0.2, -0.15) is 0 Å². The molecule has 7 rings (SSSR count). The normalized spacial score (nSPS) is 18.7. The lowest BCUT2D eigenvalue weighted by atomic mass is 9.92. The van der Waals surface area contributed by atoms with Crippen LogP contribution in [0.1, 0.15) is 41.5 Å². The van der Waals surface area contributed by atoms with Gasteiger partial charge in [-0.25, -0.2) is 13.6 Å². The number of benzene rings is 2. The fraction of sp³-hybridized carbons (Fsp3) is 0.258. The topological polar surface area (TPSA) is 90.3 Å². The van der Waals surface area contributed by atoms with Gasteiger partial charge in [0, 0.05) is 34.8 Å². The summed E-state index contributed by atoms with van der Waals surface area (Å²) in [6.45, 7) is 3.78. The quantitative estimate of drug-likeness (QED) is 0.293. The van der Waals surface area contributed by atoms with Crippen LogP contribution >= 0.6 is 11.3 Å². The molecule has 2 aromatic heterocycles. The second-order valence-electron chi connectivity index (χ2n) is 10.6. The number of halogens is 2. The van der Waals surface area contributed by atoms with E-state index < -0.39 is 53.2 Å². The Morgan fingerprint density at radius 1 is 1.05 bits per heavy atom. The van der Waals surface area contributed by atoms with Crippen molar-refractivity contribution < 1.29 is 32.6 Å². The Hall–Kier alpha value is -4.55. The zero-order valence-electron chi connectivity index (χ0n) is 23.1. The molecule has 0 spiro atoms. The number of rotatable bonds is 3. The Kier molecular flexibility index (Phi) is 6.55. The molecule has 1 aliphatic carbocycles. The first-order valence-corrected chi connectivity index (χ1v) is 14.6. The van der Waals surface area contributed by atoms with Crippen LogP contribution in [-0.4, -0.2) is 53.7 Å². The number of amides is 1. The van der Waals surface area contributed by atoms with Crippen LogP contribution in [-0.2, 0) is 9.47 Å². The van der Waals surface area contributed by atoms with Crippen LogP contribution in [0, 0.1) is 11.6 Å². The lowest BCUT2D eigenvalue weighted by Gasteiger charge is -2.51. The molecule has 3 aliphatic rings. The van der Waals surface area contributed by atoms with Crippen LogP contribution in [0.4, 0.5) is 13.6 Å². The maximum atomic E-state index is 15.8. The van der Waals surface area contributed by atoms with E-state index >= 15 is 4.39 Å². The Balaban J connectivity index is 1.52. The first-order chi connectivity index (χ1) is 20.8. The summed E-state index contributed by atoms with van der Waals surface area (Å²) in [5, 5.41) is 3.65. The van der Waals surface area contributed by atoms with Crippen molar-refractivity contribution in [3.8, 4) is 27.3 Å². The number of aromatic nitrogens is 1. The van der Waals surface area contributed by atoms with Crippen molar-refractivity contribution in [2.75, 3.05) is 24.8 Å². The summed E-state index contributed by atoms with van der Waals surface area (Å²) in [5.74, 6) is -3.00. The second-order valence-corrected chi connectivity index (χ2v) is 11.5. The van der Waals surface area contributed by atoms with Gasteiger partial charge in [0.2, 0.25) is 11.2 Å². The smallest absolute Gasteiger partial charge is 0.431 e. The minimum atomic E-state index is -1.13. The predicted molar refractivity (Wildman–Crippen MR) is 154 cm³/mol. The molecule has 12 heteroatoms. The van der Waals surface area contributed by atoms with E-state index in [-0.39, 0.29) is 31.0 Å². The standard InChI is InChI=1S/C31H25F2N3O6S/c1-16(2)41-31(39)42-28-22(37)9-11-35-27(28)30(38)34-12-13-40-15-23(34)36(35)26-17-5-3-4-6-18(17)29-20(10-14-43-29)24-19(26)7-8-21(32)25(24)33/h3-11,14,16,23,26H,12-13,15H2,1-2H3/t23-,26-/m1/s1. The third-order valence-corrected chi connectivity index (χ3v) is 8.74. The van der Waals surface area contributed by atoms with Crippen molar-refractivity contribution in [3.63, 3.8) is 0 Å². The summed E-state index contributed by atoms with van der Waals surface area (Å²) < 4.78 is 48.5. The maximum absolute atomic E-state index is 15.8. The monoisotopic (exact) mass is 605 g/mol. The molecule has 1 amide bonds. The highest BCUT2D eigenvalue weighted by molar-refractivity contribution is 7.14. The molecule has 1 fully saturated rings. The van der Waals surface area contributed by atoms with Gasteiger partial charge >= 0.3 is 6.16 Å². The Bertz CT molecular complexity index is 1850. The van der Waals surface area contributed by atoms with Gasteiger partial charge in [0.05, 0.1) is 25.4 Å². The summed E-state index contributed by atoms with van der Waals surface area (Å²) in [7, 11) is 0. The minimum Gasteiger partial charge on any atom is -0.431 e. The number of ether oxygens (including phenoxy) is 3. The van der Waals surface area contributed by atoms with Gasteiger partial charge in [0.25, 0.3) is 5.91 Å². The van der Waals surface area contributed by atoms with E-state index in [1.807, 2.05) is 34.7 Å². The molecule has 4 heterocycles. The Morgan fingerprint density at radius 3 is 2.67 bits per heavy atom. The molecule has 9 nitrogen and oxygen atoms in total. The lowest BCUT2D eigenvalue weighted by molar-refractivity contribution is -0.0197. The molecule has 220 valence electrons. The molecule has 0 unspecified atom stereocenters. The Morgan fingerprint density at radius 2 is 1.86 bits per heavy atom. The third kappa shape index (κ3) is 4.23. The average Bonchev–Trinajstić information content (AvgIpc) is 3.43. The van der Waals surface area contributed by atoms with Gasteiger partial charge in [-0.3, -0.25) is 19.3 Å². The van der Waals surface area contributed by atoms with E-state index in [2.05, 4.69) is 0 Å². The van der Waals surface area contributed by atoms with Crippen LogP contribution in [0.3, 0.4) is 0 Å². The molecular formula is C31H25F2N3O6S. The van der Waals surface area contributed by atoms with Crippen LogP contribution in [0.15, 0.2) is 64.9 Å². The summed E-state index contributed by atoms with van der Waals surface area (Å²) in [6, 6.07) is 12.4. The van der Waals surface area contributed by atoms with Crippen molar-refractivity contribution >= 4 is 23.4 Å². The highest BCUT2D eigenvalue weighted by atomic mass is 32.1. The highest BCUT2D eigenvalue weighted by Crippen LogP contribution is 2.51. The highest BCUT2D eigenvalue weighted by Gasteiger charge is 2.47. The lowest BCUT2D eigenvalue weighted by Crippen LogP contribution is -2.66. The number of fused-ring (bicyclic) bond motifs is 7. The first-order valence-electron chi connectivity index (χ1n) is 13.7. The van der Waals surface area contributed by atoms with E-state index in [0.29, 0.717) is 11.1 Å². The van der Waals surface area contributed by atoms with Crippen LogP contribution in [0.2, 0.25) is 0 Å². The second kappa shape index (κ2) is 10.3. The molecule has 43 heavy (non-hydrogen) atoms. The van der Waals surface area contributed by atoms with Gasteiger partial charge < -0.3 is 19.1 Å². The van der Waals surface area contributed by atoms with Crippen molar-refractivity contribution in [1.29, 1.82) is 0 Å². The predicted octanol–water partition coefficient (Wildman–Crippen LogP) is 5.30. The van der Waals surface area contributed by atoms with Crippen molar-refractivity contribution in [2.24, 2.45) is 0 Å². The van der Waals surface area contributed by atoms with E-state index in [4.69, 9.17) is 14.2 Å². The van der Waals surface area contributed by atoms with Crippen LogP contribution in [0.5, 0.6) is 5.75 Å². The number of hydrogen-bond acceptors (Lipinski definition) is 8. The summed E-state index contributed by atoms with van der Waals surface area (Å²) in [5.41, 5.74) is 1.82. The largest absolute Gasteiger partial charge is 0.514 e. The van der Waals surface area contributed by atoms with E-state index in [9.17, 15) is 18.8 Å². The van der Waals surface area contributed by atoms with Crippen LogP contribution in [0.25, 0.3) is 21.6 Å². The van der Waals surface area contributed by atoms with Crippen molar-refractivity contribution in [1.82, 2.24) is 9.58 Å². The van der Waals surface area contributed by atoms with Gasteiger partial charge in [-0.05, 0) is 48.1 Å². The molecule has 0 saturated carbocycles. The van der Waals surface area contributed by atoms with E-state index in [1.165, 1.54) is 28.3 Å². The number of pyridine rings is 1. The molecule has 0 radical (unpaired) electrons. The van der Waals surface area contributed by atoms with E-state index in [0.717, 1.165) is 22.1 Å². The fourth-order valence-electron chi connectivity index (χ4n) is 6.09.